The van der Waals surface area contributed by atoms with Gasteiger partial charge in [0.25, 0.3) is 0 Å². The third-order valence-electron chi connectivity index (χ3n) is 3.68. The van der Waals surface area contributed by atoms with E-state index < -0.39 is 0 Å². The summed E-state index contributed by atoms with van der Waals surface area (Å²) in [5.41, 5.74) is 1.36. The molecule has 0 bridgehead atoms. The van der Waals surface area contributed by atoms with E-state index in [1.165, 1.54) is 32.1 Å². The van der Waals surface area contributed by atoms with Crippen LogP contribution in [0.2, 0.25) is 0 Å². The number of anilines is 1. The van der Waals surface area contributed by atoms with Crippen LogP contribution < -0.4 is 5.32 Å². The average molecular weight is 325 g/mol. The van der Waals surface area contributed by atoms with Crippen LogP contribution in [0.1, 0.15) is 32.1 Å². The fourth-order valence-electron chi connectivity index (χ4n) is 2.70. The molecule has 96 valence electrons. The second kappa shape index (κ2) is 5.25. The predicted octanol–water partition coefficient (Wildman–Crippen LogP) is 4.67. The Labute approximate surface area is 121 Å². The van der Waals surface area contributed by atoms with E-state index in [9.17, 15) is 0 Å². The Morgan fingerprint density at radius 2 is 2.06 bits per heavy atom. The van der Waals surface area contributed by atoms with Gasteiger partial charge in [-0.25, -0.2) is 0 Å². The molecule has 0 amide bonds. The largest absolute Gasteiger partial charge is 0.335 e. The molecule has 0 saturated heterocycles. The first-order valence-corrected chi connectivity index (χ1v) is 8.29. The maximum atomic E-state index is 4.96. The van der Waals surface area contributed by atoms with E-state index in [0.29, 0.717) is 0 Å². The summed E-state index contributed by atoms with van der Waals surface area (Å²) >= 11 is 5.37. The first-order chi connectivity index (χ1) is 8.76. The normalized spacial score (nSPS) is 21.9. The molecule has 0 unspecified atom stereocenters. The van der Waals surface area contributed by atoms with Crippen LogP contribution in [0.4, 0.5) is 5.69 Å². The molecular weight excluding hydrogens is 308 g/mol. The van der Waals surface area contributed by atoms with Crippen LogP contribution in [-0.2, 0) is 0 Å². The Bertz CT molecular complexity index is 467. The van der Waals surface area contributed by atoms with E-state index in [4.69, 9.17) is 4.99 Å². The van der Waals surface area contributed by atoms with Gasteiger partial charge < -0.3 is 5.32 Å². The van der Waals surface area contributed by atoms with Gasteiger partial charge in [0.1, 0.15) is 0 Å². The molecule has 1 saturated carbocycles. The minimum Gasteiger partial charge on any atom is -0.335 e. The number of hydrogen-bond donors (Lipinski definition) is 1. The van der Waals surface area contributed by atoms with E-state index in [1.54, 1.807) is 0 Å². The molecule has 4 heteroatoms. The summed E-state index contributed by atoms with van der Waals surface area (Å²) in [7, 11) is 0. The number of aliphatic imine (C=N–C) groups is 1. The molecule has 1 aliphatic heterocycles. The van der Waals surface area contributed by atoms with Crippen LogP contribution in [0.5, 0.6) is 0 Å². The minimum atomic E-state index is 0.247. The zero-order valence-corrected chi connectivity index (χ0v) is 12.7. The lowest BCUT2D eigenvalue weighted by molar-refractivity contribution is 0.335. The summed E-state index contributed by atoms with van der Waals surface area (Å²) in [6.45, 7) is 0. The van der Waals surface area contributed by atoms with Crippen molar-refractivity contribution in [3.8, 4) is 0 Å². The summed E-state index contributed by atoms with van der Waals surface area (Å²) in [4.78, 5) is 4.96. The highest BCUT2D eigenvalue weighted by molar-refractivity contribution is 9.10. The highest BCUT2D eigenvalue weighted by Crippen LogP contribution is 2.39. The third-order valence-corrected chi connectivity index (χ3v) is 5.32. The Morgan fingerprint density at radius 1 is 1.22 bits per heavy atom. The SMILES string of the molecule is Brc1cccc(NC2=NC3(CCCCC3)CS2)c1. The number of amidine groups is 1. The van der Waals surface area contributed by atoms with Crippen molar-refractivity contribution in [1.29, 1.82) is 0 Å². The Balaban J connectivity index is 1.72. The smallest absolute Gasteiger partial charge is 0.161 e. The van der Waals surface area contributed by atoms with Crippen molar-refractivity contribution in [2.45, 2.75) is 37.6 Å². The van der Waals surface area contributed by atoms with Gasteiger partial charge in [-0.2, -0.15) is 0 Å². The van der Waals surface area contributed by atoms with Crippen molar-refractivity contribution in [3.05, 3.63) is 28.7 Å². The van der Waals surface area contributed by atoms with Crippen molar-refractivity contribution in [2.75, 3.05) is 11.1 Å². The standard InChI is InChI=1S/C14H17BrN2S/c15-11-5-4-6-12(9-11)16-13-17-14(10-18-13)7-2-1-3-8-14/h4-6,9H,1-3,7-8,10H2,(H,16,17). The molecule has 2 nitrogen and oxygen atoms in total. The maximum absolute atomic E-state index is 4.96. The Hall–Kier alpha value is -0.480. The first kappa shape index (κ1) is 12.5. The average Bonchev–Trinajstić information content (AvgIpc) is 2.73. The van der Waals surface area contributed by atoms with Crippen LogP contribution in [0.25, 0.3) is 0 Å². The van der Waals surface area contributed by atoms with Crippen molar-refractivity contribution in [2.24, 2.45) is 4.99 Å². The fourth-order valence-corrected chi connectivity index (χ4v) is 4.31. The van der Waals surface area contributed by atoms with Gasteiger partial charge in [-0.1, -0.05) is 53.0 Å². The van der Waals surface area contributed by atoms with E-state index in [2.05, 4.69) is 33.4 Å². The number of halogens is 1. The van der Waals surface area contributed by atoms with Crippen LogP contribution in [-0.4, -0.2) is 16.5 Å². The summed E-state index contributed by atoms with van der Waals surface area (Å²) in [6.07, 6.45) is 6.60. The first-order valence-electron chi connectivity index (χ1n) is 6.51. The van der Waals surface area contributed by atoms with Crippen LogP contribution in [0.3, 0.4) is 0 Å². The van der Waals surface area contributed by atoms with E-state index in [-0.39, 0.29) is 5.54 Å². The van der Waals surface area contributed by atoms with Gasteiger partial charge in [0.05, 0.1) is 5.54 Å². The number of hydrogen-bond acceptors (Lipinski definition) is 3. The number of thioether (sulfide) groups is 1. The molecule has 1 aromatic rings. The van der Waals surface area contributed by atoms with Gasteiger partial charge in [-0.15, -0.1) is 0 Å². The zero-order valence-electron chi connectivity index (χ0n) is 10.3. The number of benzene rings is 1. The minimum absolute atomic E-state index is 0.247. The lowest BCUT2D eigenvalue weighted by atomic mass is 9.84. The fraction of sp³-hybridized carbons (Fsp3) is 0.500. The monoisotopic (exact) mass is 324 g/mol. The molecule has 0 aromatic heterocycles. The molecule has 1 heterocycles. The van der Waals surface area contributed by atoms with Crippen molar-refractivity contribution < 1.29 is 0 Å². The molecule has 1 aliphatic carbocycles. The summed E-state index contributed by atoms with van der Waals surface area (Å²) < 4.78 is 1.10. The van der Waals surface area contributed by atoms with Gasteiger partial charge in [-0.3, -0.25) is 4.99 Å². The molecule has 1 spiro atoms. The molecule has 1 fully saturated rings. The molecule has 3 rings (SSSR count). The molecule has 0 atom stereocenters. The highest BCUT2D eigenvalue weighted by atomic mass is 79.9. The van der Waals surface area contributed by atoms with Gasteiger partial charge in [-0.05, 0) is 31.0 Å². The summed E-state index contributed by atoms with van der Waals surface area (Å²) in [5.74, 6) is 1.16. The van der Waals surface area contributed by atoms with E-state index >= 15 is 0 Å². The second-order valence-electron chi connectivity index (χ2n) is 5.13. The number of nitrogens with one attached hydrogen (secondary N) is 1. The van der Waals surface area contributed by atoms with E-state index in [0.717, 1.165) is 21.1 Å². The quantitative estimate of drug-likeness (QED) is 0.812. The second-order valence-corrected chi connectivity index (χ2v) is 7.01. The number of nitrogens with zero attached hydrogens (tertiary/aromatic N) is 1. The lowest BCUT2D eigenvalue weighted by Gasteiger charge is -2.29. The van der Waals surface area contributed by atoms with Crippen LogP contribution in [0, 0.1) is 0 Å². The van der Waals surface area contributed by atoms with Crippen LogP contribution >= 0.6 is 27.7 Å². The van der Waals surface area contributed by atoms with Gasteiger partial charge in [0, 0.05) is 15.9 Å². The lowest BCUT2D eigenvalue weighted by Crippen LogP contribution is -2.29. The highest BCUT2D eigenvalue weighted by Gasteiger charge is 2.36. The van der Waals surface area contributed by atoms with Crippen LogP contribution in [0.15, 0.2) is 33.7 Å². The number of rotatable bonds is 1. The van der Waals surface area contributed by atoms with Gasteiger partial charge in [0.2, 0.25) is 0 Å². The molecule has 0 radical (unpaired) electrons. The summed E-state index contributed by atoms with van der Waals surface area (Å²) in [5, 5.41) is 4.53. The molecule has 1 N–H and O–H groups in total. The topological polar surface area (TPSA) is 24.4 Å². The summed E-state index contributed by atoms with van der Waals surface area (Å²) in [6, 6.07) is 8.26. The van der Waals surface area contributed by atoms with Crippen molar-refractivity contribution >= 4 is 38.5 Å². The van der Waals surface area contributed by atoms with Gasteiger partial charge in [0.15, 0.2) is 5.17 Å². The van der Waals surface area contributed by atoms with Crippen molar-refractivity contribution in [1.82, 2.24) is 0 Å². The predicted molar refractivity (Wildman–Crippen MR) is 83.5 cm³/mol. The maximum Gasteiger partial charge on any atom is 0.161 e. The zero-order chi connectivity index (χ0) is 12.4. The molecule has 18 heavy (non-hydrogen) atoms. The Kier molecular flexibility index (Phi) is 3.66. The molecule has 2 aliphatic rings. The van der Waals surface area contributed by atoms with Crippen molar-refractivity contribution in [3.63, 3.8) is 0 Å². The molecule has 1 aromatic carbocycles. The van der Waals surface area contributed by atoms with Gasteiger partial charge >= 0.3 is 0 Å². The van der Waals surface area contributed by atoms with E-state index in [1.807, 2.05) is 23.9 Å². The molecular formula is C14H17BrN2S. The third kappa shape index (κ3) is 2.75. The Morgan fingerprint density at radius 3 is 2.83 bits per heavy atom.